The summed E-state index contributed by atoms with van der Waals surface area (Å²) in [5, 5.41) is 3.50. The van der Waals surface area contributed by atoms with Crippen LogP contribution >= 0.6 is 23.5 Å². The number of carbonyl (C=O) groups excluding carboxylic acids is 2. The van der Waals surface area contributed by atoms with Crippen molar-refractivity contribution in [3.8, 4) is 11.1 Å². The van der Waals surface area contributed by atoms with Crippen LogP contribution in [0, 0.1) is 0 Å². The van der Waals surface area contributed by atoms with E-state index in [0.717, 1.165) is 21.8 Å². The molecule has 5 rings (SSSR count). The zero-order valence-corrected chi connectivity index (χ0v) is 17.3. The van der Waals surface area contributed by atoms with Crippen LogP contribution in [0.4, 0.5) is 5.82 Å². The highest BCUT2D eigenvalue weighted by molar-refractivity contribution is 8.17. The van der Waals surface area contributed by atoms with E-state index in [1.807, 2.05) is 29.0 Å². The molecule has 0 fully saturated rings. The van der Waals surface area contributed by atoms with E-state index in [1.54, 1.807) is 47.8 Å². The van der Waals surface area contributed by atoms with Crippen molar-refractivity contribution in [3.05, 3.63) is 78.0 Å². The molecule has 2 aliphatic heterocycles. The van der Waals surface area contributed by atoms with Gasteiger partial charge >= 0.3 is 0 Å². The van der Waals surface area contributed by atoms with Crippen LogP contribution in [0.3, 0.4) is 0 Å². The molecule has 0 radical (unpaired) electrons. The first-order valence-electron chi connectivity index (χ1n) is 9.20. The number of hydrogen-bond donors (Lipinski definition) is 1. The third kappa shape index (κ3) is 3.10. The standard InChI is InChI=1S/C22H17N3O2S2/c1-28-22-23-19-18(29-22)11-15(14-7-3-2-4-8-14)12-24(19)13-25-20(26)16-9-5-6-10-17(16)21(25)27/h2-12,22H,13H2,1H3/p+1. The molecule has 2 aliphatic rings. The van der Waals surface area contributed by atoms with Gasteiger partial charge in [0.05, 0.1) is 11.1 Å². The molecule has 5 nitrogen and oxygen atoms in total. The number of nitrogens with one attached hydrogen (secondary N) is 1. The van der Waals surface area contributed by atoms with Crippen LogP contribution in [0.25, 0.3) is 11.1 Å². The van der Waals surface area contributed by atoms with Crippen LogP contribution in [0.5, 0.6) is 0 Å². The van der Waals surface area contributed by atoms with Crippen LogP contribution in [-0.4, -0.2) is 27.7 Å². The Morgan fingerprint density at radius 1 is 1.00 bits per heavy atom. The molecular formula is C22H18N3O2S2+. The first-order valence-corrected chi connectivity index (χ1v) is 11.4. The molecule has 2 aromatic carbocycles. The lowest BCUT2D eigenvalue weighted by atomic mass is 10.1. The van der Waals surface area contributed by atoms with Crippen molar-refractivity contribution in [3.63, 3.8) is 0 Å². The summed E-state index contributed by atoms with van der Waals surface area (Å²) in [4.78, 5) is 28.1. The van der Waals surface area contributed by atoms with Crippen molar-refractivity contribution in [1.29, 1.82) is 0 Å². The lowest BCUT2D eigenvalue weighted by Gasteiger charge is -2.15. The number of aromatic nitrogens is 1. The van der Waals surface area contributed by atoms with Gasteiger partial charge in [-0.1, -0.05) is 54.2 Å². The van der Waals surface area contributed by atoms with Crippen LogP contribution in [0.1, 0.15) is 20.7 Å². The van der Waals surface area contributed by atoms with Gasteiger partial charge in [-0.3, -0.25) is 14.9 Å². The van der Waals surface area contributed by atoms with Crippen LogP contribution in [0.2, 0.25) is 0 Å². The molecule has 0 bridgehead atoms. The monoisotopic (exact) mass is 420 g/mol. The van der Waals surface area contributed by atoms with Crippen molar-refractivity contribution < 1.29 is 14.2 Å². The normalized spacial score (nSPS) is 17.3. The molecule has 144 valence electrons. The van der Waals surface area contributed by atoms with Crippen LogP contribution in [-0.2, 0) is 6.67 Å². The Balaban J connectivity index is 1.56. The van der Waals surface area contributed by atoms with E-state index in [9.17, 15) is 9.59 Å². The molecule has 1 unspecified atom stereocenters. The number of nitrogens with zero attached hydrogens (tertiary/aromatic N) is 2. The summed E-state index contributed by atoms with van der Waals surface area (Å²) >= 11 is 3.47. The average molecular weight is 421 g/mol. The maximum Gasteiger partial charge on any atom is 0.291 e. The van der Waals surface area contributed by atoms with Gasteiger partial charge < -0.3 is 0 Å². The highest BCUT2D eigenvalue weighted by Crippen LogP contribution is 2.42. The summed E-state index contributed by atoms with van der Waals surface area (Å²) in [5.41, 5.74) is 3.09. The second-order valence-corrected chi connectivity index (χ2v) is 9.22. The number of carbonyl (C=O) groups is 2. The van der Waals surface area contributed by atoms with Gasteiger partial charge in [-0.15, -0.1) is 11.8 Å². The fourth-order valence-electron chi connectivity index (χ4n) is 3.65. The van der Waals surface area contributed by atoms with E-state index >= 15 is 0 Å². The lowest BCUT2D eigenvalue weighted by molar-refractivity contribution is -0.696. The van der Waals surface area contributed by atoms with Gasteiger partial charge in [-0.2, -0.15) is 0 Å². The summed E-state index contributed by atoms with van der Waals surface area (Å²) in [6.07, 6.45) is 4.07. The molecule has 1 N–H and O–H groups in total. The summed E-state index contributed by atoms with van der Waals surface area (Å²) in [6, 6.07) is 19.3. The molecule has 0 aliphatic carbocycles. The Hall–Kier alpha value is -2.77. The SMILES string of the molecule is CSC1Nc2c(cc(-c3ccccc3)c[n+]2CN2C(=O)c3ccccc3C2=O)S1. The zero-order chi connectivity index (χ0) is 20.0. The van der Waals surface area contributed by atoms with E-state index in [2.05, 4.69) is 29.8 Å². The molecule has 1 aromatic heterocycles. The highest BCUT2D eigenvalue weighted by Gasteiger charge is 2.38. The fraction of sp³-hybridized carbons (Fsp3) is 0.136. The topological polar surface area (TPSA) is 53.3 Å². The minimum Gasteiger partial charge on any atom is -0.268 e. The van der Waals surface area contributed by atoms with Crippen molar-refractivity contribution in [2.75, 3.05) is 11.6 Å². The average Bonchev–Trinajstić information content (AvgIpc) is 3.29. The zero-order valence-electron chi connectivity index (χ0n) is 15.7. The number of thioether (sulfide) groups is 2. The predicted molar refractivity (Wildman–Crippen MR) is 116 cm³/mol. The highest BCUT2D eigenvalue weighted by atomic mass is 32.2. The molecule has 7 heteroatoms. The van der Waals surface area contributed by atoms with Gasteiger partial charge in [0.1, 0.15) is 11.1 Å². The summed E-state index contributed by atoms with van der Waals surface area (Å²) in [5.74, 6) is 0.443. The number of amides is 2. The lowest BCUT2D eigenvalue weighted by Crippen LogP contribution is -2.47. The second kappa shape index (κ2) is 7.24. The number of pyridine rings is 1. The van der Waals surface area contributed by atoms with Gasteiger partial charge in [0.2, 0.25) is 0 Å². The number of benzene rings is 2. The fourth-order valence-corrected chi connectivity index (χ4v) is 5.46. The van der Waals surface area contributed by atoms with E-state index < -0.39 is 0 Å². The van der Waals surface area contributed by atoms with Gasteiger partial charge in [-0.05, 0) is 30.0 Å². The molecule has 2 amide bonds. The van der Waals surface area contributed by atoms with Crippen molar-refractivity contribution >= 4 is 41.2 Å². The van der Waals surface area contributed by atoms with E-state index in [0.29, 0.717) is 11.1 Å². The number of hydrogen-bond acceptors (Lipinski definition) is 5. The molecule has 0 saturated heterocycles. The Morgan fingerprint density at radius 3 is 2.31 bits per heavy atom. The predicted octanol–water partition coefficient (Wildman–Crippen LogP) is 4.06. The second-order valence-electron chi connectivity index (χ2n) is 6.83. The first kappa shape index (κ1) is 18.3. The Morgan fingerprint density at radius 2 is 1.66 bits per heavy atom. The van der Waals surface area contributed by atoms with Gasteiger partial charge in [0.15, 0.2) is 11.4 Å². The minimum atomic E-state index is -0.246. The molecule has 3 heterocycles. The van der Waals surface area contributed by atoms with Crippen molar-refractivity contribution in [2.45, 2.75) is 16.3 Å². The number of imide groups is 1. The third-order valence-corrected chi connectivity index (χ3v) is 7.39. The maximum absolute atomic E-state index is 12.8. The van der Waals surface area contributed by atoms with Crippen molar-refractivity contribution in [1.82, 2.24) is 4.90 Å². The summed E-state index contributed by atoms with van der Waals surface area (Å²) in [6.45, 7) is 0.171. The van der Waals surface area contributed by atoms with Crippen LogP contribution in [0.15, 0.2) is 71.8 Å². The maximum atomic E-state index is 12.8. The molecular weight excluding hydrogens is 402 g/mol. The molecule has 3 aromatic rings. The Bertz CT molecular complexity index is 1100. The van der Waals surface area contributed by atoms with E-state index in [4.69, 9.17) is 0 Å². The number of anilines is 1. The Labute approximate surface area is 177 Å². The molecule has 1 atom stereocenters. The minimum absolute atomic E-state index is 0.171. The molecule has 0 saturated carbocycles. The van der Waals surface area contributed by atoms with Crippen LogP contribution < -0.4 is 9.88 Å². The van der Waals surface area contributed by atoms with Crippen molar-refractivity contribution in [2.24, 2.45) is 0 Å². The number of fused-ring (bicyclic) bond motifs is 2. The van der Waals surface area contributed by atoms with E-state index in [1.165, 1.54) is 4.90 Å². The third-order valence-electron chi connectivity index (χ3n) is 5.08. The Kier molecular flexibility index (Phi) is 4.56. The summed E-state index contributed by atoms with van der Waals surface area (Å²) < 4.78 is 2.17. The first-order chi connectivity index (χ1) is 14.2. The summed E-state index contributed by atoms with van der Waals surface area (Å²) in [7, 11) is 0. The van der Waals surface area contributed by atoms with Gasteiger partial charge in [0.25, 0.3) is 17.6 Å². The largest absolute Gasteiger partial charge is 0.291 e. The quantitative estimate of drug-likeness (QED) is 0.510. The van der Waals surface area contributed by atoms with Gasteiger partial charge in [-0.25, -0.2) is 9.47 Å². The number of rotatable bonds is 4. The van der Waals surface area contributed by atoms with Gasteiger partial charge in [0, 0.05) is 5.56 Å². The van der Waals surface area contributed by atoms with E-state index in [-0.39, 0.29) is 23.2 Å². The molecule has 29 heavy (non-hydrogen) atoms. The smallest absolute Gasteiger partial charge is 0.268 e. The molecule has 0 spiro atoms.